The monoisotopic (exact) mass is 230 g/mol. The van der Waals surface area contributed by atoms with Crippen LogP contribution in [0, 0.1) is 5.41 Å². The van der Waals surface area contributed by atoms with Gasteiger partial charge in [0, 0.05) is 17.6 Å². The van der Waals surface area contributed by atoms with Gasteiger partial charge < -0.3 is 10.8 Å². The molecule has 0 fully saturated rings. The highest BCUT2D eigenvalue weighted by Gasteiger charge is 2.38. The van der Waals surface area contributed by atoms with Crippen LogP contribution >= 0.6 is 0 Å². The van der Waals surface area contributed by atoms with E-state index in [4.69, 9.17) is 5.73 Å². The molecule has 0 radical (unpaired) electrons. The summed E-state index contributed by atoms with van der Waals surface area (Å²) in [6.07, 6.45) is 0.952. The summed E-state index contributed by atoms with van der Waals surface area (Å²) in [5.41, 5.74) is 6.11. The third-order valence-corrected chi connectivity index (χ3v) is 3.52. The lowest BCUT2D eigenvalue weighted by molar-refractivity contribution is -0.00775. The van der Waals surface area contributed by atoms with Gasteiger partial charge in [0.15, 0.2) is 0 Å². The molecule has 16 heavy (non-hydrogen) atoms. The summed E-state index contributed by atoms with van der Waals surface area (Å²) in [4.78, 5) is 2.22. The smallest absolute Gasteiger partial charge is 0.0610 e. The van der Waals surface area contributed by atoms with Crippen molar-refractivity contribution in [1.29, 1.82) is 0 Å². The number of hydrogen-bond acceptors (Lipinski definition) is 3. The van der Waals surface area contributed by atoms with Crippen molar-refractivity contribution in [2.24, 2.45) is 11.1 Å². The van der Waals surface area contributed by atoms with Crippen molar-refractivity contribution in [2.45, 2.75) is 65.6 Å². The highest BCUT2D eigenvalue weighted by atomic mass is 16.3. The van der Waals surface area contributed by atoms with Gasteiger partial charge in [-0.3, -0.25) is 4.90 Å². The zero-order chi connectivity index (χ0) is 13.1. The maximum Gasteiger partial charge on any atom is 0.0610 e. The van der Waals surface area contributed by atoms with Gasteiger partial charge in [-0.25, -0.2) is 0 Å². The predicted octanol–water partition coefficient (Wildman–Crippen LogP) is 1.84. The number of likely N-dealkylation sites (N-methyl/N-ethyl adjacent to an activating group) is 1. The largest absolute Gasteiger partial charge is 0.394 e. The molecule has 0 aliphatic rings. The van der Waals surface area contributed by atoms with E-state index in [-0.39, 0.29) is 29.6 Å². The van der Waals surface area contributed by atoms with Crippen molar-refractivity contribution in [2.75, 3.05) is 13.7 Å². The number of aliphatic hydroxyl groups excluding tert-OH is 1. The zero-order valence-corrected chi connectivity index (χ0v) is 12.0. The molecule has 0 rings (SSSR count). The molecule has 0 heterocycles. The molecule has 3 N–H and O–H groups in total. The molecule has 0 bridgehead atoms. The lowest BCUT2D eigenvalue weighted by Crippen LogP contribution is -2.60. The van der Waals surface area contributed by atoms with Gasteiger partial charge in [-0.15, -0.1) is 0 Å². The Morgan fingerprint density at radius 2 is 1.62 bits per heavy atom. The van der Waals surface area contributed by atoms with Crippen LogP contribution < -0.4 is 5.73 Å². The first-order valence-corrected chi connectivity index (χ1v) is 6.17. The van der Waals surface area contributed by atoms with Crippen LogP contribution in [-0.4, -0.2) is 41.3 Å². The van der Waals surface area contributed by atoms with Crippen molar-refractivity contribution in [3.8, 4) is 0 Å². The van der Waals surface area contributed by atoms with Gasteiger partial charge in [-0.05, 0) is 32.7 Å². The van der Waals surface area contributed by atoms with Crippen molar-refractivity contribution >= 4 is 0 Å². The molecule has 2 atom stereocenters. The van der Waals surface area contributed by atoms with Gasteiger partial charge >= 0.3 is 0 Å². The molecule has 0 aromatic heterocycles. The molecule has 3 nitrogen and oxygen atoms in total. The molecule has 0 aliphatic carbocycles. The quantitative estimate of drug-likeness (QED) is 0.758. The number of nitrogens with two attached hydrogens (primary N) is 1. The third-order valence-electron chi connectivity index (χ3n) is 3.52. The Morgan fingerprint density at radius 1 is 1.19 bits per heavy atom. The van der Waals surface area contributed by atoms with E-state index in [1.54, 1.807) is 0 Å². The Bertz CT molecular complexity index is 208. The van der Waals surface area contributed by atoms with Gasteiger partial charge in [-0.2, -0.15) is 0 Å². The molecule has 0 saturated heterocycles. The minimum atomic E-state index is -0.231. The van der Waals surface area contributed by atoms with Gasteiger partial charge in [0.1, 0.15) is 0 Å². The molecule has 0 aromatic carbocycles. The maximum atomic E-state index is 9.45. The molecule has 0 spiro atoms. The van der Waals surface area contributed by atoms with Crippen LogP contribution in [0.5, 0.6) is 0 Å². The lowest BCUT2D eigenvalue weighted by atomic mass is 9.79. The van der Waals surface area contributed by atoms with Gasteiger partial charge in [0.05, 0.1) is 6.61 Å². The van der Waals surface area contributed by atoms with Crippen LogP contribution in [-0.2, 0) is 0 Å². The highest BCUT2D eigenvalue weighted by molar-refractivity contribution is 4.95. The average Bonchev–Trinajstić information content (AvgIpc) is 2.15. The summed E-state index contributed by atoms with van der Waals surface area (Å²) >= 11 is 0. The van der Waals surface area contributed by atoms with Crippen molar-refractivity contribution < 1.29 is 5.11 Å². The zero-order valence-electron chi connectivity index (χ0n) is 12.0. The molecule has 3 heteroatoms. The van der Waals surface area contributed by atoms with Gasteiger partial charge in [0.2, 0.25) is 0 Å². The molecule has 0 amide bonds. The molecule has 2 unspecified atom stereocenters. The number of aliphatic hydroxyl groups is 1. The van der Waals surface area contributed by atoms with Crippen molar-refractivity contribution in [1.82, 2.24) is 4.90 Å². The summed E-state index contributed by atoms with van der Waals surface area (Å²) in [5.74, 6) is 0. The Hall–Kier alpha value is -0.120. The first kappa shape index (κ1) is 15.9. The second-order valence-corrected chi connectivity index (χ2v) is 6.46. The highest BCUT2D eigenvalue weighted by Crippen LogP contribution is 2.30. The third kappa shape index (κ3) is 3.72. The topological polar surface area (TPSA) is 49.5 Å². The number of nitrogens with zero attached hydrogens (tertiary/aromatic N) is 1. The Labute approximate surface area is 101 Å². The summed E-state index contributed by atoms with van der Waals surface area (Å²) in [7, 11) is 2.06. The number of rotatable bonds is 5. The fourth-order valence-corrected chi connectivity index (χ4v) is 2.22. The minimum Gasteiger partial charge on any atom is -0.394 e. The lowest BCUT2D eigenvalue weighted by Gasteiger charge is -2.48. The van der Waals surface area contributed by atoms with Crippen LogP contribution in [0.1, 0.15) is 48.0 Å². The first-order valence-electron chi connectivity index (χ1n) is 6.17. The van der Waals surface area contributed by atoms with E-state index in [2.05, 4.69) is 39.6 Å². The van der Waals surface area contributed by atoms with E-state index < -0.39 is 0 Å². The van der Waals surface area contributed by atoms with Gasteiger partial charge in [0.25, 0.3) is 0 Å². The second-order valence-electron chi connectivity index (χ2n) is 6.46. The molecule has 0 saturated carbocycles. The number of hydrogen-bond donors (Lipinski definition) is 2. The normalized spacial score (nSPS) is 17.6. The fourth-order valence-electron chi connectivity index (χ4n) is 2.22. The average molecular weight is 230 g/mol. The van der Waals surface area contributed by atoms with Crippen molar-refractivity contribution in [3.63, 3.8) is 0 Å². The maximum absolute atomic E-state index is 9.45. The Morgan fingerprint density at radius 3 is 1.88 bits per heavy atom. The SMILES string of the molecule is CCC(N)C(N(C)C(C)(C)CO)C(C)(C)C. The van der Waals surface area contributed by atoms with Crippen molar-refractivity contribution in [3.05, 3.63) is 0 Å². The summed E-state index contributed by atoms with van der Waals surface area (Å²) in [6.45, 7) is 13.0. The molecule has 98 valence electrons. The predicted molar refractivity (Wildman–Crippen MR) is 70.4 cm³/mol. The van der Waals surface area contributed by atoms with E-state index in [9.17, 15) is 5.11 Å². The summed E-state index contributed by atoms with van der Waals surface area (Å²) < 4.78 is 0. The molecule has 0 aliphatic heterocycles. The fraction of sp³-hybridized carbons (Fsp3) is 1.00. The Kier molecular flexibility index (Phi) is 5.44. The summed E-state index contributed by atoms with van der Waals surface area (Å²) in [5, 5.41) is 9.45. The van der Waals surface area contributed by atoms with E-state index >= 15 is 0 Å². The van der Waals surface area contributed by atoms with Gasteiger partial charge in [-0.1, -0.05) is 27.7 Å². The van der Waals surface area contributed by atoms with E-state index in [0.29, 0.717) is 0 Å². The van der Waals surface area contributed by atoms with E-state index in [1.165, 1.54) is 0 Å². The van der Waals surface area contributed by atoms with Crippen LogP contribution in [0.3, 0.4) is 0 Å². The first-order chi connectivity index (χ1) is 7.07. The standard InChI is InChI=1S/C13H30N2O/c1-8-10(14)11(12(2,3)4)15(7)13(5,6)9-16/h10-11,16H,8-9,14H2,1-7H3. The second kappa shape index (κ2) is 5.48. The van der Waals surface area contributed by atoms with E-state index in [1.807, 2.05) is 13.8 Å². The van der Waals surface area contributed by atoms with E-state index in [0.717, 1.165) is 6.42 Å². The molecular formula is C13H30N2O. The molecule has 0 aromatic rings. The summed E-state index contributed by atoms with van der Waals surface area (Å²) in [6, 6.07) is 0.399. The Balaban J connectivity index is 5.06. The van der Waals surface area contributed by atoms with Crippen LogP contribution in [0.2, 0.25) is 0 Å². The van der Waals surface area contributed by atoms with Crippen LogP contribution in [0.25, 0.3) is 0 Å². The van der Waals surface area contributed by atoms with Crippen LogP contribution in [0.15, 0.2) is 0 Å². The van der Waals surface area contributed by atoms with Crippen LogP contribution in [0.4, 0.5) is 0 Å². The molecular weight excluding hydrogens is 200 g/mol. The minimum absolute atomic E-state index is 0.108.